The Hall–Kier alpha value is -1.14. The van der Waals surface area contributed by atoms with E-state index < -0.39 is 12.0 Å². The smallest absolute Gasteiger partial charge is 0.326 e. The summed E-state index contributed by atoms with van der Waals surface area (Å²) in [6.07, 6.45) is 1.08. The fraction of sp³-hybridized carbons (Fsp3) is 0.636. The van der Waals surface area contributed by atoms with Gasteiger partial charge in [0.05, 0.1) is 5.69 Å². The SMILES string of the molecule is CC(C)CCN(C)c1nc(C(N)C(=O)O)cs1. The highest BCUT2D eigenvalue weighted by atomic mass is 32.1. The number of hydrogen-bond donors (Lipinski definition) is 2. The van der Waals surface area contributed by atoms with Crippen molar-refractivity contribution in [2.75, 3.05) is 18.5 Å². The predicted octanol–water partition coefficient (Wildman–Crippen LogP) is 1.71. The van der Waals surface area contributed by atoms with E-state index in [9.17, 15) is 4.79 Å². The molecular formula is C11H19N3O2S. The predicted molar refractivity (Wildman–Crippen MR) is 69.4 cm³/mol. The third-order valence-corrected chi connectivity index (χ3v) is 3.44. The van der Waals surface area contributed by atoms with E-state index in [1.165, 1.54) is 11.3 Å². The Morgan fingerprint density at radius 2 is 2.29 bits per heavy atom. The minimum absolute atomic E-state index is 0.425. The third-order valence-electron chi connectivity index (χ3n) is 2.46. The van der Waals surface area contributed by atoms with E-state index in [0.717, 1.165) is 18.1 Å². The molecule has 0 saturated carbocycles. The van der Waals surface area contributed by atoms with Gasteiger partial charge >= 0.3 is 5.97 Å². The number of carboxylic acids is 1. The van der Waals surface area contributed by atoms with Gasteiger partial charge in [-0.2, -0.15) is 0 Å². The molecule has 0 radical (unpaired) electrons. The van der Waals surface area contributed by atoms with E-state index in [4.69, 9.17) is 10.8 Å². The first-order valence-corrected chi connectivity index (χ1v) is 6.44. The number of aliphatic carboxylic acids is 1. The number of aromatic nitrogens is 1. The first-order chi connectivity index (χ1) is 7.91. The molecule has 1 aromatic rings. The van der Waals surface area contributed by atoms with Crippen LogP contribution in [0.2, 0.25) is 0 Å². The Labute approximate surface area is 105 Å². The van der Waals surface area contributed by atoms with Crippen LogP contribution in [0.3, 0.4) is 0 Å². The molecule has 0 saturated heterocycles. The Kier molecular flexibility index (Phi) is 4.89. The van der Waals surface area contributed by atoms with Crippen molar-refractivity contribution in [2.45, 2.75) is 26.3 Å². The van der Waals surface area contributed by atoms with Crippen molar-refractivity contribution in [3.05, 3.63) is 11.1 Å². The van der Waals surface area contributed by atoms with Crippen LogP contribution in [0.4, 0.5) is 5.13 Å². The normalized spacial score (nSPS) is 12.8. The van der Waals surface area contributed by atoms with Crippen LogP contribution in [0, 0.1) is 5.92 Å². The Bertz CT molecular complexity index is 379. The van der Waals surface area contributed by atoms with Crippen LogP contribution < -0.4 is 10.6 Å². The number of carbonyl (C=O) groups is 1. The highest BCUT2D eigenvalue weighted by molar-refractivity contribution is 7.13. The van der Waals surface area contributed by atoms with Crippen molar-refractivity contribution in [3.63, 3.8) is 0 Å². The molecular weight excluding hydrogens is 238 g/mol. The molecule has 3 N–H and O–H groups in total. The van der Waals surface area contributed by atoms with Gasteiger partial charge in [0, 0.05) is 19.0 Å². The van der Waals surface area contributed by atoms with Crippen LogP contribution in [0.25, 0.3) is 0 Å². The average molecular weight is 257 g/mol. The van der Waals surface area contributed by atoms with Crippen molar-refractivity contribution >= 4 is 22.4 Å². The molecule has 0 bridgehead atoms. The number of thiazole rings is 1. The maximum atomic E-state index is 10.7. The standard InChI is InChI=1S/C11H19N3O2S/c1-7(2)4-5-14(3)11-13-8(6-17-11)9(12)10(15)16/h6-7,9H,4-5,12H2,1-3H3,(H,15,16). The van der Waals surface area contributed by atoms with E-state index in [-0.39, 0.29) is 0 Å². The second-order valence-electron chi connectivity index (χ2n) is 4.47. The van der Waals surface area contributed by atoms with Crippen molar-refractivity contribution < 1.29 is 9.90 Å². The lowest BCUT2D eigenvalue weighted by Gasteiger charge is -2.16. The zero-order chi connectivity index (χ0) is 13.0. The summed E-state index contributed by atoms with van der Waals surface area (Å²) < 4.78 is 0. The van der Waals surface area contributed by atoms with Crippen LogP contribution in [0.5, 0.6) is 0 Å². The average Bonchev–Trinajstić information content (AvgIpc) is 2.73. The summed E-state index contributed by atoms with van der Waals surface area (Å²) in [5, 5.41) is 11.3. The number of carboxylic acid groups (broad SMARTS) is 1. The van der Waals surface area contributed by atoms with E-state index >= 15 is 0 Å². The van der Waals surface area contributed by atoms with Gasteiger partial charge in [-0.15, -0.1) is 11.3 Å². The topological polar surface area (TPSA) is 79.5 Å². The fourth-order valence-corrected chi connectivity index (χ4v) is 2.12. The summed E-state index contributed by atoms with van der Waals surface area (Å²) in [6.45, 7) is 5.25. The van der Waals surface area contributed by atoms with Gasteiger partial charge in [0.25, 0.3) is 0 Å². The van der Waals surface area contributed by atoms with Crippen LogP contribution in [-0.4, -0.2) is 29.7 Å². The van der Waals surface area contributed by atoms with Crippen molar-refractivity contribution in [3.8, 4) is 0 Å². The largest absolute Gasteiger partial charge is 0.480 e. The molecule has 0 amide bonds. The van der Waals surface area contributed by atoms with Crippen LogP contribution in [-0.2, 0) is 4.79 Å². The van der Waals surface area contributed by atoms with Gasteiger partial charge in [-0.25, -0.2) is 4.98 Å². The van der Waals surface area contributed by atoms with Crippen molar-refractivity contribution in [1.82, 2.24) is 4.98 Å². The quantitative estimate of drug-likeness (QED) is 0.811. The summed E-state index contributed by atoms with van der Waals surface area (Å²) in [5.41, 5.74) is 5.92. The van der Waals surface area contributed by atoms with Gasteiger partial charge in [0.2, 0.25) is 0 Å². The minimum Gasteiger partial charge on any atom is -0.480 e. The maximum absolute atomic E-state index is 10.7. The number of nitrogens with two attached hydrogens (primary N) is 1. The number of anilines is 1. The molecule has 0 fully saturated rings. The second kappa shape index (κ2) is 5.97. The second-order valence-corrected chi connectivity index (χ2v) is 5.31. The summed E-state index contributed by atoms with van der Waals surface area (Å²) >= 11 is 1.43. The molecule has 0 aliphatic heterocycles. The molecule has 1 rings (SSSR count). The van der Waals surface area contributed by atoms with E-state index in [1.807, 2.05) is 11.9 Å². The maximum Gasteiger partial charge on any atom is 0.326 e. The van der Waals surface area contributed by atoms with Crippen LogP contribution >= 0.6 is 11.3 Å². The van der Waals surface area contributed by atoms with Gasteiger partial charge < -0.3 is 15.7 Å². The third kappa shape index (κ3) is 3.98. The van der Waals surface area contributed by atoms with Gasteiger partial charge in [-0.3, -0.25) is 4.79 Å². The molecule has 1 aromatic heterocycles. The molecule has 1 heterocycles. The minimum atomic E-state index is -1.05. The zero-order valence-corrected chi connectivity index (χ0v) is 11.2. The first-order valence-electron chi connectivity index (χ1n) is 5.56. The lowest BCUT2D eigenvalue weighted by Crippen LogP contribution is -2.22. The lowest BCUT2D eigenvalue weighted by atomic mass is 10.1. The highest BCUT2D eigenvalue weighted by Crippen LogP contribution is 2.23. The van der Waals surface area contributed by atoms with Crippen LogP contribution in [0.15, 0.2) is 5.38 Å². The summed E-state index contributed by atoms with van der Waals surface area (Å²) in [5.74, 6) is -0.412. The van der Waals surface area contributed by atoms with Crippen LogP contribution in [0.1, 0.15) is 32.0 Å². The van der Waals surface area contributed by atoms with Gasteiger partial charge in [0.15, 0.2) is 5.13 Å². The first kappa shape index (κ1) is 13.9. The molecule has 0 aromatic carbocycles. The monoisotopic (exact) mass is 257 g/mol. The van der Waals surface area contributed by atoms with Gasteiger partial charge in [-0.05, 0) is 12.3 Å². The van der Waals surface area contributed by atoms with Gasteiger partial charge in [-0.1, -0.05) is 13.8 Å². The molecule has 96 valence electrons. The fourth-order valence-electron chi connectivity index (χ4n) is 1.27. The molecule has 6 heteroatoms. The molecule has 1 atom stereocenters. The van der Waals surface area contributed by atoms with Crippen molar-refractivity contribution in [1.29, 1.82) is 0 Å². The van der Waals surface area contributed by atoms with Gasteiger partial charge in [0.1, 0.15) is 6.04 Å². The number of rotatable bonds is 6. The molecule has 0 spiro atoms. The number of nitrogens with zero attached hydrogens (tertiary/aromatic N) is 2. The number of hydrogen-bond acceptors (Lipinski definition) is 5. The highest BCUT2D eigenvalue weighted by Gasteiger charge is 2.18. The lowest BCUT2D eigenvalue weighted by molar-refractivity contribution is -0.138. The van der Waals surface area contributed by atoms with Crippen molar-refractivity contribution in [2.24, 2.45) is 11.7 Å². The molecule has 1 unspecified atom stereocenters. The molecule has 17 heavy (non-hydrogen) atoms. The zero-order valence-electron chi connectivity index (χ0n) is 10.4. The van der Waals surface area contributed by atoms with E-state index in [0.29, 0.717) is 11.6 Å². The Morgan fingerprint density at radius 3 is 2.82 bits per heavy atom. The Balaban J connectivity index is 2.64. The molecule has 0 aliphatic carbocycles. The van der Waals surface area contributed by atoms with E-state index in [1.54, 1.807) is 5.38 Å². The van der Waals surface area contributed by atoms with E-state index in [2.05, 4.69) is 18.8 Å². The summed E-state index contributed by atoms with van der Waals surface area (Å²) in [7, 11) is 1.96. The Morgan fingerprint density at radius 1 is 1.65 bits per heavy atom. The summed E-state index contributed by atoms with van der Waals surface area (Å²) in [4.78, 5) is 17.0. The molecule has 5 nitrogen and oxygen atoms in total. The summed E-state index contributed by atoms with van der Waals surface area (Å²) in [6, 6.07) is -1.03. The molecule has 0 aliphatic rings.